The predicted molar refractivity (Wildman–Crippen MR) is 79.3 cm³/mol. The van der Waals surface area contributed by atoms with Crippen LogP contribution in [0, 0.1) is 5.21 Å². The molecule has 0 aromatic heterocycles. The zero-order valence-electron chi connectivity index (χ0n) is 10.9. The molecule has 0 fully saturated rings. The number of para-hydroxylation sites is 1. The molecule has 1 unspecified atom stereocenters. The van der Waals surface area contributed by atoms with Crippen LogP contribution in [0.4, 0.5) is 5.69 Å². The highest BCUT2D eigenvalue weighted by molar-refractivity contribution is 6.16. The Balaban J connectivity index is 2.19. The first-order valence-corrected chi connectivity index (χ1v) is 6.45. The average Bonchev–Trinajstić information content (AvgIpc) is 2.57. The summed E-state index contributed by atoms with van der Waals surface area (Å²) < 4.78 is -0.365. The normalized spacial score (nSPS) is 22.3. The second-order valence-electron chi connectivity index (χ2n) is 4.94. The molecule has 19 heavy (non-hydrogen) atoms. The van der Waals surface area contributed by atoms with E-state index in [-0.39, 0.29) is 4.65 Å². The number of benzene rings is 2. The van der Waals surface area contributed by atoms with E-state index in [0.717, 1.165) is 22.5 Å². The first-order valence-electron chi connectivity index (χ1n) is 6.45. The number of rotatable bonds is 1. The summed E-state index contributed by atoms with van der Waals surface area (Å²) in [5, 5.41) is 12.6. The van der Waals surface area contributed by atoms with E-state index >= 15 is 0 Å². The van der Waals surface area contributed by atoms with Gasteiger partial charge in [-0.3, -0.25) is 4.99 Å². The van der Waals surface area contributed by atoms with Crippen LogP contribution in [0.3, 0.4) is 0 Å². The molecular weight excluding hydrogens is 236 g/mol. The van der Waals surface area contributed by atoms with Gasteiger partial charge >= 0.3 is 0 Å². The smallest absolute Gasteiger partial charge is 0.142 e. The van der Waals surface area contributed by atoms with Gasteiger partial charge in [0.25, 0.3) is 0 Å². The molecule has 3 heteroatoms. The predicted octanol–water partition coefficient (Wildman–Crippen LogP) is 2.97. The van der Waals surface area contributed by atoms with Crippen molar-refractivity contribution in [2.24, 2.45) is 4.99 Å². The Morgan fingerprint density at radius 1 is 1.00 bits per heavy atom. The minimum Gasteiger partial charge on any atom is -0.627 e. The highest BCUT2D eigenvalue weighted by Crippen LogP contribution is 2.29. The monoisotopic (exact) mass is 252 g/mol. The van der Waals surface area contributed by atoms with E-state index in [4.69, 9.17) is 0 Å². The van der Waals surface area contributed by atoms with Crippen molar-refractivity contribution in [2.75, 3.05) is 20.1 Å². The summed E-state index contributed by atoms with van der Waals surface area (Å²) in [6.07, 6.45) is 0. The van der Waals surface area contributed by atoms with Gasteiger partial charge in [-0.2, -0.15) is 0 Å². The van der Waals surface area contributed by atoms with Crippen molar-refractivity contribution in [1.29, 1.82) is 0 Å². The molecule has 2 aromatic rings. The van der Waals surface area contributed by atoms with Crippen LogP contribution in [0.2, 0.25) is 0 Å². The van der Waals surface area contributed by atoms with Crippen LogP contribution in [0.15, 0.2) is 59.6 Å². The number of hydrogen-bond acceptors (Lipinski definition) is 2. The van der Waals surface area contributed by atoms with Gasteiger partial charge in [-0.15, -0.1) is 0 Å². The van der Waals surface area contributed by atoms with E-state index in [1.807, 2.05) is 54.6 Å². The second kappa shape index (κ2) is 4.61. The lowest BCUT2D eigenvalue weighted by Gasteiger charge is -2.37. The van der Waals surface area contributed by atoms with Crippen molar-refractivity contribution in [2.45, 2.75) is 0 Å². The molecule has 96 valence electrons. The van der Waals surface area contributed by atoms with E-state index in [9.17, 15) is 5.21 Å². The Hall–Kier alpha value is -1.97. The molecule has 0 N–H and O–H groups in total. The number of benzodiazepines with no additional fused rings is 1. The van der Waals surface area contributed by atoms with Crippen molar-refractivity contribution in [3.63, 3.8) is 0 Å². The topological polar surface area (TPSA) is 35.4 Å². The summed E-state index contributed by atoms with van der Waals surface area (Å²) >= 11 is 0. The largest absolute Gasteiger partial charge is 0.627 e. The summed E-state index contributed by atoms with van der Waals surface area (Å²) in [5.74, 6) is 0. The number of quaternary nitrogens is 1. The van der Waals surface area contributed by atoms with Gasteiger partial charge in [-0.25, -0.2) is 0 Å². The molecule has 1 atom stereocenters. The van der Waals surface area contributed by atoms with Gasteiger partial charge in [-0.1, -0.05) is 42.5 Å². The van der Waals surface area contributed by atoms with Crippen LogP contribution in [0.25, 0.3) is 0 Å². The molecular formula is C16H16N2O. The van der Waals surface area contributed by atoms with E-state index in [0.29, 0.717) is 13.1 Å². The number of hydrogen-bond donors (Lipinski definition) is 0. The number of fused-ring (bicyclic) bond motifs is 1. The zero-order chi connectivity index (χ0) is 13.3. The molecule has 1 aliphatic rings. The third kappa shape index (κ3) is 2.18. The number of aliphatic imine (C=N–C) groups is 1. The lowest BCUT2D eigenvalue weighted by Crippen LogP contribution is -2.40. The number of likely N-dealkylation sites (N-methyl/N-ethyl adjacent to an activating group) is 1. The third-order valence-electron chi connectivity index (χ3n) is 3.51. The molecule has 2 aromatic carbocycles. The fourth-order valence-electron chi connectivity index (χ4n) is 2.49. The quantitative estimate of drug-likeness (QED) is 0.567. The van der Waals surface area contributed by atoms with Crippen LogP contribution in [0.5, 0.6) is 0 Å². The fourth-order valence-corrected chi connectivity index (χ4v) is 2.49. The minimum absolute atomic E-state index is 0.365. The van der Waals surface area contributed by atoms with Crippen molar-refractivity contribution < 1.29 is 0 Å². The van der Waals surface area contributed by atoms with E-state index < -0.39 is 0 Å². The second-order valence-corrected chi connectivity index (χ2v) is 4.94. The highest BCUT2D eigenvalue weighted by Gasteiger charge is 2.24. The fraction of sp³-hybridized carbons (Fsp3) is 0.188. The summed E-state index contributed by atoms with van der Waals surface area (Å²) in [6, 6.07) is 17.8. The van der Waals surface area contributed by atoms with Crippen molar-refractivity contribution in [3.8, 4) is 0 Å². The molecule has 0 amide bonds. The molecule has 0 spiro atoms. The van der Waals surface area contributed by atoms with Gasteiger partial charge < -0.3 is 9.85 Å². The number of nitrogens with zero attached hydrogens (tertiary/aromatic N) is 2. The Morgan fingerprint density at radius 2 is 1.68 bits per heavy atom. The Bertz CT molecular complexity index is 618. The Kier molecular flexibility index (Phi) is 2.93. The van der Waals surface area contributed by atoms with Gasteiger partial charge in [0, 0.05) is 11.6 Å². The molecule has 0 radical (unpaired) electrons. The standard InChI is InChI=1S/C16H16N2O/c1-18(19)12-11-17-16(13-7-3-2-4-8-13)14-9-5-6-10-15(14)18/h2-10H,11-12H2,1H3. The molecule has 1 aliphatic heterocycles. The van der Waals surface area contributed by atoms with E-state index in [2.05, 4.69) is 4.99 Å². The van der Waals surface area contributed by atoms with Crippen LogP contribution < -0.4 is 4.65 Å². The first kappa shape index (κ1) is 12.1. The molecule has 0 saturated heterocycles. The van der Waals surface area contributed by atoms with Gasteiger partial charge in [0.2, 0.25) is 0 Å². The summed E-state index contributed by atoms with van der Waals surface area (Å²) in [4.78, 5) is 4.63. The number of hydroxylamine groups is 2. The highest BCUT2D eigenvalue weighted by atomic mass is 16.5. The SMILES string of the molecule is C[N+]1([O-])CCN=C(c2ccccc2)c2ccccc21. The Morgan fingerprint density at radius 3 is 2.47 bits per heavy atom. The van der Waals surface area contributed by atoms with Gasteiger partial charge in [0.05, 0.1) is 24.9 Å². The van der Waals surface area contributed by atoms with Crippen LogP contribution >= 0.6 is 0 Å². The summed E-state index contributed by atoms with van der Waals surface area (Å²) in [6.45, 7) is 1.03. The zero-order valence-corrected chi connectivity index (χ0v) is 10.9. The van der Waals surface area contributed by atoms with Crippen LogP contribution in [-0.2, 0) is 0 Å². The molecule has 0 bridgehead atoms. The first-order chi connectivity index (χ1) is 9.18. The summed E-state index contributed by atoms with van der Waals surface area (Å²) in [7, 11) is 1.70. The van der Waals surface area contributed by atoms with Gasteiger partial charge in [0.1, 0.15) is 12.2 Å². The molecule has 3 rings (SSSR count). The van der Waals surface area contributed by atoms with Crippen molar-refractivity contribution in [1.82, 2.24) is 4.65 Å². The van der Waals surface area contributed by atoms with Crippen LogP contribution in [0.1, 0.15) is 11.1 Å². The molecule has 3 nitrogen and oxygen atoms in total. The summed E-state index contributed by atoms with van der Waals surface area (Å²) in [5.41, 5.74) is 3.73. The van der Waals surface area contributed by atoms with E-state index in [1.165, 1.54) is 0 Å². The Labute approximate surface area is 113 Å². The van der Waals surface area contributed by atoms with Crippen molar-refractivity contribution >= 4 is 11.4 Å². The van der Waals surface area contributed by atoms with Crippen molar-refractivity contribution in [3.05, 3.63) is 70.9 Å². The van der Waals surface area contributed by atoms with Gasteiger partial charge in [-0.05, 0) is 6.07 Å². The van der Waals surface area contributed by atoms with Crippen LogP contribution in [-0.4, -0.2) is 25.8 Å². The molecule has 1 heterocycles. The maximum atomic E-state index is 12.6. The average molecular weight is 252 g/mol. The maximum Gasteiger partial charge on any atom is 0.142 e. The van der Waals surface area contributed by atoms with E-state index in [1.54, 1.807) is 7.05 Å². The molecule has 0 saturated carbocycles. The third-order valence-corrected chi connectivity index (χ3v) is 3.51. The van der Waals surface area contributed by atoms with Gasteiger partial charge in [0.15, 0.2) is 0 Å². The maximum absolute atomic E-state index is 12.6. The lowest BCUT2D eigenvalue weighted by atomic mass is 10.0. The molecule has 0 aliphatic carbocycles. The minimum atomic E-state index is -0.365. The lowest BCUT2D eigenvalue weighted by molar-refractivity contribution is 0.459.